The van der Waals surface area contributed by atoms with Gasteiger partial charge in [-0.15, -0.1) is 0 Å². The summed E-state index contributed by atoms with van der Waals surface area (Å²) in [6.45, 7) is 2.92. The number of rotatable bonds is 10. The number of carbonyl (C=O) groups is 1. The molecule has 7 heteroatoms. The van der Waals surface area contributed by atoms with Crippen molar-refractivity contribution < 1.29 is 4.79 Å². The zero-order chi connectivity index (χ0) is 22.9. The third-order valence-electron chi connectivity index (χ3n) is 5.34. The Morgan fingerprint density at radius 2 is 1.72 bits per heavy atom. The lowest BCUT2D eigenvalue weighted by atomic mass is 10.1. The van der Waals surface area contributed by atoms with Crippen LogP contribution in [0.1, 0.15) is 12.5 Å². The van der Waals surface area contributed by atoms with E-state index in [0.29, 0.717) is 24.7 Å². The highest BCUT2D eigenvalue weighted by atomic mass is 32.1. The number of thiol groups is 1. The summed E-state index contributed by atoms with van der Waals surface area (Å²) >= 11 is 4.26. The lowest BCUT2D eigenvalue weighted by Gasteiger charge is -2.28. The van der Waals surface area contributed by atoms with Crippen LogP contribution in [-0.2, 0) is 11.3 Å². The zero-order valence-electron chi connectivity index (χ0n) is 18.5. The second-order valence-corrected chi connectivity index (χ2v) is 8.11. The quantitative estimate of drug-likeness (QED) is 0.356. The largest absolute Gasteiger partial charge is 0.380 e. The van der Waals surface area contributed by atoms with E-state index in [-0.39, 0.29) is 11.9 Å². The smallest absolute Gasteiger partial charge is 0.242 e. The van der Waals surface area contributed by atoms with Crippen LogP contribution in [0.25, 0.3) is 11.3 Å². The topological polar surface area (TPSA) is 83.3 Å². The fraction of sp³-hybridized carbons (Fsp3) is 0.280. The Labute approximate surface area is 195 Å². The van der Waals surface area contributed by atoms with Gasteiger partial charge in [0.1, 0.15) is 6.04 Å². The summed E-state index contributed by atoms with van der Waals surface area (Å²) in [6, 6.07) is 23.3. The minimum absolute atomic E-state index is 0.0683. The predicted molar refractivity (Wildman–Crippen MR) is 136 cm³/mol. The molecule has 32 heavy (non-hydrogen) atoms. The lowest BCUT2D eigenvalue weighted by Crippen LogP contribution is -2.43. The number of anilines is 2. The maximum Gasteiger partial charge on any atom is 0.242 e. The standard InChI is InChI=1S/C25H31N5OS/c1-18(25(31)28-15-19-9-5-3-6-10-19)30(2)24-23(27-16-21(26)17-32)14-13-22(29-24)20-11-7-4-8-12-20/h3-14,18,21,27,32H,15-17,26H2,1-2H3,(H,28,31)/t18-,21?/m0/s1. The Hall–Kier alpha value is -3.03. The van der Waals surface area contributed by atoms with Crippen molar-refractivity contribution in [2.24, 2.45) is 5.73 Å². The number of benzene rings is 2. The van der Waals surface area contributed by atoms with Crippen LogP contribution in [0.2, 0.25) is 0 Å². The van der Waals surface area contributed by atoms with Crippen LogP contribution < -0.4 is 21.3 Å². The molecule has 0 radical (unpaired) electrons. The molecule has 0 fully saturated rings. The first-order valence-electron chi connectivity index (χ1n) is 10.7. The van der Waals surface area contributed by atoms with Gasteiger partial charge >= 0.3 is 0 Å². The third kappa shape index (κ3) is 6.24. The van der Waals surface area contributed by atoms with Crippen LogP contribution in [-0.4, -0.2) is 42.3 Å². The maximum absolute atomic E-state index is 12.9. The van der Waals surface area contributed by atoms with E-state index in [4.69, 9.17) is 10.7 Å². The average molecular weight is 450 g/mol. The van der Waals surface area contributed by atoms with Crippen molar-refractivity contribution in [1.29, 1.82) is 0 Å². The van der Waals surface area contributed by atoms with E-state index in [0.717, 1.165) is 22.5 Å². The van der Waals surface area contributed by atoms with Crippen molar-refractivity contribution in [3.8, 4) is 11.3 Å². The molecule has 1 heterocycles. The van der Waals surface area contributed by atoms with E-state index in [1.807, 2.05) is 91.7 Å². The van der Waals surface area contributed by atoms with Gasteiger partial charge < -0.3 is 21.3 Å². The van der Waals surface area contributed by atoms with Crippen LogP contribution in [0.15, 0.2) is 72.8 Å². The minimum Gasteiger partial charge on any atom is -0.380 e. The maximum atomic E-state index is 12.9. The van der Waals surface area contributed by atoms with Crippen molar-refractivity contribution in [1.82, 2.24) is 10.3 Å². The van der Waals surface area contributed by atoms with Gasteiger partial charge in [0, 0.05) is 37.5 Å². The molecule has 0 bridgehead atoms. The number of aromatic nitrogens is 1. The van der Waals surface area contributed by atoms with Gasteiger partial charge in [-0.25, -0.2) is 4.98 Å². The number of nitrogens with zero attached hydrogens (tertiary/aromatic N) is 2. The molecule has 3 rings (SSSR count). The summed E-state index contributed by atoms with van der Waals surface area (Å²) in [5.41, 5.74) is 9.77. The van der Waals surface area contributed by atoms with Gasteiger partial charge in [0.25, 0.3) is 0 Å². The van der Waals surface area contributed by atoms with Gasteiger partial charge in [-0.2, -0.15) is 12.6 Å². The summed E-state index contributed by atoms with van der Waals surface area (Å²) in [6.07, 6.45) is 0. The van der Waals surface area contributed by atoms with Crippen molar-refractivity contribution in [3.63, 3.8) is 0 Å². The van der Waals surface area contributed by atoms with Crippen molar-refractivity contribution in [2.75, 3.05) is 29.6 Å². The van der Waals surface area contributed by atoms with Crippen LogP contribution >= 0.6 is 12.6 Å². The second kappa shape index (κ2) is 11.5. The normalized spacial score (nSPS) is 12.6. The van der Waals surface area contributed by atoms with E-state index in [1.54, 1.807) is 0 Å². The molecule has 1 aromatic heterocycles. The van der Waals surface area contributed by atoms with Crippen molar-refractivity contribution in [2.45, 2.75) is 25.6 Å². The fourth-order valence-electron chi connectivity index (χ4n) is 3.22. The van der Waals surface area contributed by atoms with E-state index >= 15 is 0 Å². The summed E-state index contributed by atoms with van der Waals surface area (Å²) in [4.78, 5) is 19.7. The Morgan fingerprint density at radius 1 is 1.06 bits per heavy atom. The third-order valence-corrected chi connectivity index (χ3v) is 5.81. The average Bonchev–Trinajstić information content (AvgIpc) is 2.85. The van der Waals surface area contributed by atoms with Gasteiger partial charge in [-0.05, 0) is 24.6 Å². The van der Waals surface area contributed by atoms with Crippen molar-refractivity contribution >= 4 is 30.0 Å². The zero-order valence-corrected chi connectivity index (χ0v) is 19.4. The molecule has 0 saturated carbocycles. The summed E-state index contributed by atoms with van der Waals surface area (Å²) in [5, 5.41) is 6.38. The molecule has 3 aromatic rings. The number of carbonyl (C=O) groups excluding carboxylic acids is 1. The number of pyridine rings is 1. The lowest BCUT2D eigenvalue weighted by molar-refractivity contribution is -0.122. The molecule has 4 N–H and O–H groups in total. The van der Waals surface area contributed by atoms with E-state index in [1.165, 1.54) is 0 Å². The van der Waals surface area contributed by atoms with Crippen LogP contribution in [0.3, 0.4) is 0 Å². The molecule has 6 nitrogen and oxygen atoms in total. The fourth-order valence-corrected chi connectivity index (χ4v) is 3.35. The highest BCUT2D eigenvalue weighted by Crippen LogP contribution is 2.28. The first kappa shape index (κ1) is 23.6. The minimum atomic E-state index is -0.420. The monoisotopic (exact) mass is 449 g/mol. The molecular weight excluding hydrogens is 418 g/mol. The number of hydrogen-bond donors (Lipinski definition) is 4. The number of amides is 1. The number of nitrogens with two attached hydrogens (primary N) is 1. The van der Waals surface area contributed by atoms with E-state index in [2.05, 4.69) is 23.3 Å². The molecule has 1 amide bonds. The predicted octanol–water partition coefficient (Wildman–Crippen LogP) is 3.56. The Bertz CT molecular complexity index is 1000. The molecular formula is C25H31N5OS. The van der Waals surface area contributed by atoms with Gasteiger partial charge in [0.15, 0.2) is 5.82 Å². The molecule has 0 saturated heterocycles. The molecule has 0 aliphatic heterocycles. The van der Waals surface area contributed by atoms with Gasteiger partial charge in [-0.3, -0.25) is 4.79 Å². The molecule has 0 aliphatic rings. The summed E-state index contributed by atoms with van der Waals surface area (Å²) in [7, 11) is 1.88. The Balaban J connectivity index is 1.81. The van der Waals surface area contributed by atoms with E-state index < -0.39 is 6.04 Å². The van der Waals surface area contributed by atoms with Crippen LogP contribution in [0, 0.1) is 0 Å². The van der Waals surface area contributed by atoms with Gasteiger partial charge in [0.05, 0.1) is 11.4 Å². The molecule has 0 spiro atoms. The van der Waals surface area contributed by atoms with E-state index in [9.17, 15) is 4.79 Å². The highest BCUT2D eigenvalue weighted by molar-refractivity contribution is 7.80. The Morgan fingerprint density at radius 3 is 2.38 bits per heavy atom. The van der Waals surface area contributed by atoms with Crippen LogP contribution in [0.4, 0.5) is 11.5 Å². The first-order chi connectivity index (χ1) is 15.5. The Kier molecular flexibility index (Phi) is 8.53. The summed E-state index contributed by atoms with van der Waals surface area (Å²) < 4.78 is 0. The van der Waals surface area contributed by atoms with Gasteiger partial charge in [-0.1, -0.05) is 60.7 Å². The summed E-state index contributed by atoms with van der Waals surface area (Å²) in [5.74, 6) is 1.20. The first-order valence-corrected chi connectivity index (χ1v) is 11.3. The SMILES string of the molecule is C[C@@H](C(=O)NCc1ccccc1)N(C)c1nc(-c2ccccc2)ccc1NCC(N)CS. The molecule has 1 unspecified atom stereocenters. The number of nitrogens with one attached hydrogen (secondary N) is 2. The number of hydrogen-bond acceptors (Lipinski definition) is 6. The van der Waals surface area contributed by atoms with Crippen molar-refractivity contribution in [3.05, 3.63) is 78.4 Å². The molecule has 168 valence electrons. The number of likely N-dealkylation sites (N-methyl/N-ethyl adjacent to an activating group) is 1. The second-order valence-electron chi connectivity index (χ2n) is 7.75. The highest BCUT2D eigenvalue weighted by Gasteiger charge is 2.22. The van der Waals surface area contributed by atoms with Gasteiger partial charge in [0.2, 0.25) is 5.91 Å². The van der Waals surface area contributed by atoms with Crippen LogP contribution in [0.5, 0.6) is 0 Å². The molecule has 2 atom stereocenters. The molecule has 0 aliphatic carbocycles. The molecule has 2 aromatic carbocycles.